The fourth-order valence-electron chi connectivity index (χ4n) is 3.05. The van der Waals surface area contributed by atoms with Gasteiger partial charge in [-0.1, -0.05) is 0 Å². The van der Waals surface area contributed by atoms with E-state index in [4.69, 9.17) is 11.5 Å². The summed E-state index contributed by atoms with van der Waals surface area (Å²) in [7, 11) is 0. The fraction of sp³-hybridized carbons (Fsp3) is 0.400. The molecule has 4 N–H and O–H groups in total. The Bertz CT molecular complexity index is 715. The molecular formula is C15H17N3OS2. The van der Waals surface area contributed by atoms with Gasteiger partial charge in [-0.2, -0.15) is 0 Å². The Morgan fingerprint density at radius 2 is 2.19 bits per heavy atom. The minimum atomic E-state index is -0.404. The van der Waals surface area contributed by atoms with Crippen LogP contribution in [0.4, 0.5) is 10.7 Å². The first-order valence-corrected chi connectivity index (χ1v) is 8.87. The van der Waals surface area contributed by atoms with Crippen molar-refractivity contribution in [2.75, 3.05) is 17.2 Å². The normalized spacial score (nSPS) is 17.8. The summed E-state index contributed by atoms with van der Waals surface area (Å²) in [6.45, 7) is 1.90. The molecule has 1 aliphatic carbocycles. The summed E-state index contributed by atoms with van der Waals surface area (Å²) in [5, 5.41) is 3.33. The molecule has 2 aromatic heterocycles. The van der Waals surface area contributed by atoms with Crippen LogP contribution >= 0.6 is 22.7 Å². The maximum absolute atomic E-state index is 11.6. The molecule has 1 fully saturated rings. The van der Waals surface area contributed by atoms with Crippen molar-refractivity contribution >= 4 is 39.3 Å². The molecule has 21 heavy (non-hydrogen) atoms. The first-order valence-electron chi connectivity index (χ1n) is 7.17. The molecule has 4 nitrogen and oxygen atoms in total. The zero-order valence-electron chi connectivity index (χ0n) is 11.6. The molecule has 1 aliphatic heterocycles. The highest BCUT2D eigenvalue weighted by molar-refractivity contribution is 7.18. The van der Waals surface area contributed by atoms with Crippen LogP contribution in [0.1, 0.15) is 44.4 Å². The number of thiophene rings is 2. The number of fused-ring (bicyclic) bond motifs is 1. The van der Waals surface area contributed by atoms with Crippen molar-refractivity contribution in [1.29, 1.82) is 0 Å². The van der Waals surface area contributed by atoms with Gasteiger partial charge >= 0.3 is 0 Å². The second-order valence-electron chi connectivity index (χ2n) is 5.74. The Morgan fingerprint density at radius 1 is 1.38 bits per heavy atom. The number of nitrogens with zero attached hydrogens (tertiary/aromatic N) is 1. The molecule has 0 spiro atoms. The fourth-order valence-corrected chi connectivity index (χ4v) is 5.13. The van der Waals surface area contributed by atoms with Gasteiger partial charge in [0.15, 0.2) is 0 Å². The topological polar surface area (TPSA) is 72.4 Å². The molecule has 0 unspecified atom stereocenters. The number of carbonyl (C=O) groups excluding carboxylic acids is 1. The van der Waals surface area contributed by atoms with E-state index >= 15 is 0 Å². The average molecular weight is 319 g/mol. The second kappa shape index (κ2) is 4.74. The molecule has 110 valence electrons. The maximum atomic E-state index is 11.6. The molecule has 1 saturated carbocycles. The van der Waals surface area contributed by atoms with Gasteiger partial charge in [-0.25, -0.2) is 0 Å². The molecule has 4 rings (SSSR count). The quantitative estimate of drug-likeness (QED) is 0.913. The van der Waals surface area contributed by atoms with Crippen LogP contribution < -0.4 is 16.4 Å². The van der Waals surface area contributed by atoms with E-state index in [1.165, 1.54) is 45.2 Å². The second-order valence-corrected chi connectivity index (χ2v) is 7.74. The number of rotatable bonds is 3. The smallest absolute Gasteiger partial charge is 0.260 e. The Kier molecular flexibility index (Phi) is 2.97. The highest BCUT2D eigenvalue weighted by Gasteiger charge is 2.35. The van der Waals surface area contributed by atoms with Gasteiger partial charge in [0.25, 0.3) is 5.91 Å². The lowest BCUT2D eigenvalue weighted by molar-refractivity contribution is 0.100. The van der Waals surface area contributed by atoms with Crippen molar-refractivity contribution in [2.24, 2.45) is 5.73 Å². The third-order valence-electron chi connectivity index (χ3n) is 4.27. The molecule has 6 heteroatoms. The third kappa shape index (κ3) is 2.13. The number of primary amides is 1. The molecule has 0 atom stereocenters. The highest BCUT2D eigenvalue weighted by atomic mass is 32.1. The van der Waals surface area contributed by atoms with Crippen molar-refractivity contribution in [2.45, 2.75) is 31.7 Å². The van der Waals surface area contributed by atoms with Gasteiger partial charge in [-0.05, 0) is 42.2 Å². The largest absolute Gasteiger partial charge is 0.397 e. The summed E-state index contributed by atoms with van der Waals surface area (Å²) in [5.74, 6) is 0.118. The molecule has 3 heterocycles. The van der Waals surface area contributed by atoms with Crippen LogP contribution in [0.25, 0.3) is 0 Å². The van der Waals surface area contributed by atoms with Crippen LogP contribution in [-0.4, -0.2) is 12.5 Å². The summed E-state index contributed by atoms with van der Waals surface area (Å²) in [6.07, 6.45) is 3.41. The Balaban J connectivity index is 1.75. The lowest BCUT2D eigenvalue weighted by atomic mass is 10.1. The van der Waals surface area contributed by atoms with Gasteiger partial charge in [-0.15, -0.1) is 22.7 Å². The van der Waals surface area contributed by atoms with Gasteiger partial charge in [0, 0.05) is 23.5 Å². The van der Waals surface area contributed by atoms with Crippen molar-refractivity contribution < 1.29 is 4.79 Å². The predicted octanol–water partition coefficient (Wildman–Crippen LogP) is 2.93. The Hall–Kier alpha value is -1.53. The lowest BCUT2D eigenvalue weighted by Gasteiger charge is -2.29. The zero-order chi connectivity index (χ0) is 14.6. The van der Waals surface area contributed by atoms with Crippen LogP contribution in [-0.2, 0) is 13.0 Å². The number of anilines is 2. The molecule has 0 radical (unpaired) electrons. The maximum Gasteiger partial charge on any atom is 0.260 e. The predicted molar refractivity (Wildman–Crippen MR) is 88.3 cm³/mol. The number of hydrogen-bond acceptors (Lipinski definition) is 5. The van der Waals surface area contributed by atoms with Crippen molar-refractivity contribution in [3.8, 4) is 0 Å². The van der Waals surface area contributed by atoms with Crippen LogP contribution in [0.3, 0.4) is 0 Å². The summed E-state index contributed by atoms with van der Waals surface area (Å²) in [5.41, 5.74) is 14.9. The van der Waals surface area contributed by atoms with Crippen molar-refractivity contribution in [3.63, 3.8) is 0 Å². The molecule has 0 bridgehead atoms. The van der Waals surface area contributed by atoms with Crippen LogP contribution in [0.2, 0.25) is 0 Å². The van der Waals surface area contributed by atoms with Gasteiger partial charge < -0.3 is 16.4 Å². The van der Waals surface area contributed by atoms with Crippen molar-refractivity contribution in [3.05, 3.63) is 32.3 Å². The molecule has 1 amide bonds. The number of nitrogen functional groups attached to an aromatic ring is 1. The van der Waals surface area contributed by atoms with E-state index in [9.17, 15) is 4.79 Å². The van der Waals surface area contributed by atoms with Crippen LogP contribution in [0.15, 0.2) is 11.4 Å². The van der Waals surface area contributed by atoms with Crippen LogP contribution in [0, 0.1) is 0 Å². The van der Waals surface area contributed by atoms with Gasteiger partial charge in [0.05, 0.1) is 10.7 Å². The summed E-state index contributed by atoms with van der Waals surface area (Å²) in [4.78, 5) is 16.0. The average Bonchev–Trinajstić information content (AvgIpc) is 3.07. The Morgan fingerprint density at radius 3 is 2.90 bits per heavy atom. The standard InChI is InChI=1S/C15H17N3OS2/c16-12-11(8-1-2-8)15(21-13(12)14(17)19)18-5-3-10-9(7-18)4-6-20-10/h4,6,8H,1-3,5,7,16H2,(H2,17,19). The number of hydrogen-bond donors (Lipinski definition) is 2. The molecule has 2 aromatic rings. The van der Waals surface area contributed by atoms with E-state index in [0.29, 0.717) is 16.5 Å². The minimum absolute atomic E-state index is 0.404. The van der Waals surface area contributed by atoms with E-state index in [2.05, 4.69) is 16.3 Å². The van der Waals surface area contributed by atoms with E-state index in [1.54, 1.807) is 0 Å². The molecule has 2 aliphatic rings. The highest BCUT2D eigenvalue weighted by Crippen LogP contribution is 2.52. The molecule has 0 aromatic carbocycles. The van der Waals surface area contributed by atoms with Crippen LogP contribution in [0.5, 0.6) is 0 Å². The van der Waals surface area contributed by atoms with E-state index in [1.807, 2.05) is 11.3 Å². The van der Waals surface area contributed by atoms with Gasteiger partial charge in [0.2, 0.25) is 0 Å². The van der Waals surface area contributed by atoms with Gasteiger partial charge in [-0.3, -0.25) is 4.79 Å². The SMILES string of the molecule is NC(=O)c1sc(N2CCc3sccc3C2)c(C2CC2)c1N. The van der Waals surface area contributed by atoms with Gasteiger partial charge in [0.1, 0.15) is 4.88 Å². The summed E-state index contributed by atoms with van der Waals surface area (Å²) in [6, 6.07) is 2.20. The lowest BCUT2D eigenvalue weighted by Crippen LogP contribution is -2.29. The first kappa shape index (κ1) is 13.2. The molecular weight excluding hydrogens is 302 g/mol. The first-order chi connectivity index (χ1) is 10.1. The zero-order valence-corrected chi connectivity index (χ0v) is 13.2. The molecule has 0 saturated heterocycles. The van der Waals surface area contributed by atoms with Crippen molar-refractivity contribution in [1.82, 2.24) is 0 Å². The Labute approximate surface area is 131 Å². The number of amides is 1. The van der Waals surface area contributed by atoms with E-state index < -0.39 is 5.91 Å². The summed E-state index contributed by atoms with van der Waals surface area (Å²) >= 11 is 3.31. The third-order valence-corrected chi connectivity index (χ3v) is 6.59. The minimum Gasteiger partial charge on any atom is -0.397 e. The monoisotopic (exact) mass is 319 g/mol. The van der Waals surface area contributed by atoms with E-state index in [-0.39, 0.29) is 0 Å². The summed E-state index contributed by atoms with van der Waals surface area (Å²) < 4.78 is 0. The van der Waals surface area contributed by atoms with E-state index in [0.717, 1.165) is 19.5 Å². The number of carbonyl (C=O) groups is 1. The number of nitrogens with two attached hydrogens (primary N) is 2.